The van der Waals surface area contributed by atoms with E-state index in [1.807, 2.05) is 0 Å². The van der Waals surface area contributed by atoms with Gasteiger partial charge in [0.15, 0.2) is 9.84 Å². The Morgan fingerprint density at radius 2 is 1.61 bits per heavy atom. The van der Waals surface area contributed by atoms with Crippen molar-refractivity contribution in [2.24, 2.45) is 0 Å². The quantitative estimate of drug-likeness (QED) is 0.471. The van der Waals surface area contributed by atoms with Crippen LogP contribution in [0.25, 0.3) is 0 Å². The molecule has 0 fully saturated rings. The predicted octanol–water partition coefficient (Wildman–Crippen LogP) is 1.24. The Morgan fingerprint density at radius 1 is 0.957 bits per heavy atom. The van der Waals surface area contributed by atoms with Crippen LogP contribution in [0.1, 0.15) is 0 Å². The number of hydrogen-bond donors (Lipinski definition) is 4. The molecule has 0 aliphatic rings. The van der Waals surface area contributed by atoms with Crippen molar-refractivity contribution in [2.45, 2.75) is 9.79 Å². The molecule has 0 radical (unpaired) electrons. The molecule has 23 heavy (non-hydrogen) atoms. The second kappa shape index (κ2) is 5.72. The van der Waals surface area contributed by atoms with Crippen molar-refractivity contribution >= 4 is 42.7 Å². The van der Waals surface area contributed by atoms with Gasteiger partial charge in [-0.3, -0.25) is 4.55 Å². The maximum Gasteiger partial charge on any atom is 0.296 e. The molecule has 0 saturated heterocycles. The van der Waals surface area contributed by atoms with Crippen LogP contribution in [0.4, 0.5) is 22.7 Å². The highest BCUT2D eigenvalue weighted by molar-refractivity contribution is 7.90. The van der Waals surface area contributed by atoms with Crippen LogP contribution in [0.3, 0.4) is 0 Å². The minimum absolute atomic E-state index is 0.0391. The largest absolute Gasteiger partial charge is 0.399 e. The van der Waals surface area contributed by atoms with E-state index in [0.29, 0.717) is 0 Å². The summed E-state index contributed by atoms with van der Waals surface area (Å²) in [4.78, 5) is -0.512. The van der Waals surface area contributed by atoms with E-state index in [1.165, 1.54) is 30.3 Å². The highest BCUT2D eigenvalue weighted by Crippen LogP contribution is 2.29. The summed E-state index contributed by atoms with van der Waals surface area (Å²) in [5.74, 6) is 0. The summed E-state index contributed by atoms with van der Waals surface area (Å²) in [5, 5.41) is 2.78. The number of nitrogen functional groups attached to an aromatic ring is 2. The summed E-state index contributed by atoms with van der Waals surface area (Å²) < 4.78 is 55.3. The van der Waals surface area contributed by atoms with Gasteiger partial charge in [0, 0.05) is 17.6 Å². The Labute approximate surface area is 133 Å². The monoisotopic (exact) mass is 357 g/mol. The first-order valence-corrected chi connectivity index (χ1v) is 9.55. The number of hydrogen-bond acceptors (Lipinski definition) is 7. The Balaban J connectivity index is 2.53. The molecule has 2 aromatic carbocycles. The number of benzene rings is 2. The number of nitrogens with two attached hydrogens (primary N) is 2. The lowest BCUT2D eigenvalue weighted by Crippen LogP contribution is -2.06. The molecule has 2 aromatic rings. The van der Waals surface area contributed by atoms with E-state index in [4.69, 9.17) is 16.0 Å². The molecule has 0 aromatic heterocycles. The van der Waals surface area contributed by atoms with Gasteiger partial charge in [-0.1, -0.05) is 0 Å². The molecule has 8 nitrogen and oxygen atoms in total. The normalized spacial score (nSPS) is 12.1. The van der Waals surface area contributed by atoms with Gasteiger partial charge in [-0.05, 0) is 36.4 Å². The molecular weight excluding hydrogens is 342 g/mol. The lowest BCUT2D eigenvalue weighted by molar-refractivity contribution is 0.483. The highest BCUT2D eigenvalue weighted by Gasteiger charge is 2.17. The summed E-state index contributed by atoms with van der Waals surface area (Å²) >= 11 is 0. The van der Waals surface area contributed by atoms with Gasteiger partial charge in [0.05, 0.1) is 16.3 Å². The number of sulfone groups is 1. The second-order valence-electron chi connectivity index (χ2n) is 4.88. The SMILES string of the molecule is CS(=O)(=O)c1cc(N)ccc1Nc1ccc(N)c(S(=O)(=O)O)c1. The van der Waals surface area contributed by atoms with Crippen LogP contribution < -0.4 is 16.8 Å². The van der Waals surface area contributed by atoms with E-state index in [1.54, 1.807) is 0 Å². The highest BCUT2D eigenvalue weighted by atomic mass is 32.2. The van der Waals surface area contributed by atoms with E-state index < -0.39 is 24.9 Å². The van der Waals surface area contributed by atoms with Crippen LogP contribution in [-0.4, -0.2) is 27.6 Å². The van der Waals surface area contributed by atoms with Crippen molar-refractivity contribution in [2.75, 3.05) is 23.0 Å². The van der Waals surface area contributed by atoms with Gasteiger partial charge in [-0.2, -0.15) is 8.42 Å². The third-order valence-electron chi connectivity index (χ3n) is 2.98. The lowest BCUT2D eigenvalue weighted by atomic mass is 10.2. The fourth-order valence-corrected chi connectivity index (χ4v) is 3.45. The lowest BCUT2D eigenvalue weighted by Gasteiger charge is -2.13. The van der Waals surface area contributed by atoms with Crippen molar-refractivity contribution in [1.29, 1.82) is 0 Å². The molecule has 6 N–H and O–H groups in total. The maximum absolute atomic E-state index is 11.8. The summed E-state index contributed by atoms with van der Waals surface area (Å²) in [6, 6.07) is 8.08. The molecule has 0 amide bonds. The molecule has 0 saturated carbocycles. The topological polar surface area (TPSA) is 153 Å². The summed E-state index contributed by atoms with van der Waals surface area (Å²) in [7, 11) is -8.05. The molecule has 0 aliphatic heterocycles. The summed E-state index contributed by atoms with van der Waals surface area (Å²) in [5.41, 5.74) is 11.7. The Hall–Kier alpha value is -2.30. The van der Waals surface area contributed by atoms with Crippen LogP contribution in [0.15, 0.2) is 46.2 Å². The van der Waals surface area contributed by atoms with Crippen molar-refractivity contribution in [1.82, 2.24) is 0 Å². The van der Waals surface area contributed by atoms with Crippen molar-refractivity contribution in [3.05, 3.63) is 36.4 Å². The van der Waals surface area contributed by atoms with Gasteiger partial charge in [0.1, 0.15) is 4.90 Å². The summed E-state index contributed by atoms with van der Waals surface area (Å²) in [6.07, 6.45) is 1.03. The zero-order valence-electron chi connectivity index (χ0n) is 12.0. The van der Waals surface area contributed by atoms with Crippen molar-refractivity contribution in [3.8, 4) is 0 Å². The molecule has 0 spiro atoms. The Bertz CT molecular complexity index is 969. The third-order valence-corrected chi connectivity index (χ3v) is 5.02. The van der Waals surface area contributed by atoms with Gasteiger partial charge >= 0.3 is 0 Å². The summed E-state index contributed by atoms with van der Waals surface area (Å²) in [6.45, 7) is 0. The smallest absolute Gasteiger partial charge is 0.296 e. The average Bonchev–Trinajstić information content (AvgIpc) is 2.40. The fourth-order valence-electron chi connectivity index (χ4n) is 1.94. The molecule has 0 aliphatic carbocycles. The van der Waals surface area contributed by atoms with E-state index in [9.17, 15) is 16.8 Å². The van der Waals surface area contributed by atoms with E-state index in [0.717, 1.165) is 12.3 Å². The number of rotatable bonds is 4. The van der Waals surface area contributed by atoms with Crippen LogP contribution in [-0.2, 0) is 20.0 Å². The zero-order chi connectivity index (χ0) is 17.4. The van der Waals surface area contributed by atoms with Crippen LogP contribution >= 0.6 is 0 Å². The molecule has 124 valence electrons. The van der Waals surface area contributed by atoms with Gasteiger partial charge < -0.3 is 16.8 Å². The molecule has 0 heterocycles. The first kappa shape index (κ1) is 17.1. The molecule has 2 rings (SSSR count). The molecule has 10 heteroatoms. The van der Waals surface area contributed by atoms with Gasteiger partial charge in [0.2, 0.25) is 0 Å². The van der Waals surface area contributed by atoms with E-state index in [-0.39, 0.29) is 27.6 Å². The first-order valence-electron chi connectivity index (χ1n) is 6.22. The fraction of sp³-hybridized carbons (Fsp3) is 0.0769. The van der Waals surface area contributed by atoms with Gasteiger partial charge in [-0.15, -0.1) is 0 Å². The third kappa shape index (κ3) is 3.92. The number of anilines is 4. The minimum atomic E-state index is -4.50. The van der Waals surface area contributed by atoms with Crippen molar-refractivity contribution in [3.63, 3.8) is 0 Å². The minimum Gasteiger partial charge on any atom is -0.399 e. The Morgan fingerprint density at radius 3 is 2.17 bits per heavy atom. The van der Waals surface area contributed by atoms with Gasteiger partial charge in [-0.25, -0.2) is 8.42 Å². The van der Waals surface area contributed by atoms with Crippen molar-refractivity contribution < 1.29 is 21.4 Å². The van der Waals surface area contributed by atoms with Crippen LogP contribution in [0.2, 0.25) is 0 Å². The molecule has 0 unspecified atom stereocenters. The number of nitrogens with one attached hydrogen (secondary N) is 1. The van der Waals surface area contributed by atoms with Crippen LogP contribution in [0, 0.1) is 0 Å². The second-order valence-corrected chi connectivity index (χ2v) is 8.25. The average molecular weight is 357 g/mol. The predicted molar refractivity (Wildman–Crippen MR) is 87.9 cm³/mol. The maximum atomic E-state index is 11.8. The van der Waals surface area contributed by atoms with Crippen LogP contribution in [0.5, 0.6) is 0 Å². The van der Waals surface area contributed by atoms with Gasteiger partial charge in [0.25, 0.3) is 10.1 Å². The zero-order valence-corrected chi connectivity index (χ0v) is 13.6. The molecule has 0 atom stereocenters. The molecular formula is C13H15N3O5S2. The first-order chi connectivity index (χ1) is 10.5. The van der Waals surface area contributed by atoms with E-state index >= 15 is 0 Å². The van der Waals surface area contributed by atoms with E-state index in [2.05, 4.69) is 5.32 Å². The molecule has 0 bridgehead atoms. The Kier molecular flexibility index (Phi) is 4.24. The standard InChI is InChI=1S/C13H15N3O5S2/c1-22(17,18)13-6-8(14)2-5-11(13)16-9-3-4-10(15)12(7-9)23(19,20)21/h2-7,16H,14-15H2,1H3,(H,19,20,21).